The monoisotopic (exact) mass is 221 g/mol. The first kappa shape index (κ1) is 13.9. The van der Waals surface area contributed by atoms with Crippen LogP contribution in [0.3, 0.4) is 0 Å². The highest BCUT2D eigenvalue weighted by atomic mass is 19.3. The number of carbonyl (C=O) groups is 1. The Morgan fingerprint density at radius 1 is 1.33 bits per heavy atom. The van der Waals surface area contributed by atoms with Crippen LogP contribution in [0, 0.1) is 0 Å². The highest BCUT2D eigenvalue weighted by Gasteiger charge is 2.30. The summed E-state index contributed by atoms with van der Waals surface area (Å²) < 4.78 is 30.5. The van der Waals surface area contributed by atoms with Gasteiger partial charge in [-0.25, -0.2) is 8.78 Å². The average molecular weight is 221 g/mol. The van der Waals surface area contributed by atoms with E-state index < -0.39 is 29.5 Å². The quantitative estimate of drug-likeness (QED) is 0.743. The van der Waals surface area contributed by atoms with Crippen LogP contribution in [0.1, 0.15) is 34.1 Å². The van der Waals surface area contributed by atoms with E-state index in [9.17, 15) is 13.6 Å². The molecule has 0 saturated carbocycles. The zero-order valence-electron chi connectivity index (χ0n) is 9.43. The topological polar surface area (TPSA) is 52.3 Å². The van der Waals surface area contributed by atoms with E-state index in [1.807, 2.05) is 0 Å². The molecule has 0 amide bonds. The Morgan fingerprint density at radius 3 is 2.07 bits per heavy atom. The number of halogens is 2. The van der Waals surface area contributed by atoms with Crippen molar-refractivity contribution >= 4 is 5.97 Å². The molecule has 0 spiro atoms. The maximum atomic E-state index is 12.8. The molecule has 0 aromatic carbocycles. The smallest absolute Gasteiger partial charge is 0.310 e. The van der Waals surface area contributed by atoms with E-state index in [4.69, 9.17) is 10.5 Å². The number of hydrogen-bond donors (Lipinski definition) is 1. The summed E-state index contributed by atoms with van der Waals surface area (Å²) in [5, 5.41) is 0. The molecule has 0 rings (SSSR count). The lowest BCUT2D eigenvalue weighted by molar-refractivity contribution is -0.154. The van der Waals surface area contributed by atoms with Crippen LogP contribution in [-0.4, -0.2) is 17.5 Å². The molecule has 3 nitrogen and oxygen atoms in total. The van der Waals surface area contributed by atoms with E-state index in [0.717, 1.165) is 6.20 Å². The summed E-state index contributed by atoms with van der Waals surface area (Å²) in [6.07, 6.45) is 0.265. The van der Waals surface area contributed by atoms with Crippen LogP contribution < -0.4 is 5.73 Å². The van der Waals surface area contributed by atoms with Crippen LogP contribution >= 0.6 is 0 Å². The molecule has 0 fully saturated rings. The summed E-state index contributed by atoms with van der Waals surface area (Å²) >= 11 is 0. The van der Waals surface area contributed by atoms with Crippen LogP contribution in [0.15, 0.2) is 11.8 Å². The van der Waals surface area contributed by atoms with Crippen LogP contribution in [0.5, 0.6) is 0 Å². The number of nitrogens with two attached hydrogens (primary N) is 1. The third-order valence-corrected chi connectivity index (χ3v) is 1.52. The summed E-state index contributed by atoms with van der Waals surface area (Å²) in [6.45, 7) is 5.69. The van der Waals surface area contributed by atoms with E-state index in [1.54, 1.807) is 20.8 Å². The lowest BCUT2D eigenvalue weighted by Gasteiger charge is -2.21. The van der Waals surface area contributed by atoms with Gasteiger partial charge in [0.2, 0.25) is 0 Å². The van der Waals surface area contributed by atoms with Crippen molar-refractivity contribution in [3.05, 3.63) is 11.8 Å². The Bertz CT molecular complexity index is 262. The minimum Gasteiger partial charge on any atom is -0.460 e. The van der Waals surface area contributed by atoms with Gasteiger partial charge < -0.3 is 10.5 Å². The van der Waals surface area contributed by atoms with Crippen LogP contribution in [0.25, 0.3) is 0 Å². The molecule has 0 atom stereocenters. The summed E-state index contributed by atoms with van der Waals surface area (Å²) in [7, 11) is 0. The van der Waals surface area contributed by atoms with Gasteiger partial charge in [-0.05, 0) is 27.0 Å². The predicted molar refractivity (Wildman–Crippen MR) is 53.4 cm³/mol. The van der Waals surface area contributed by atoms with E-state index in [-0.39, 0.29) is 0 Å². The summed E-state index contributed by atoms with van der Waals surface area (Å²) in [5.41, 5.74) is 3.91. The number of ether oxygens (including phenoxy) is 1. The van der Waals surface area contributed by atoms with Gasteiger partial charge in [0.15, 0.2) is 0 Å². The SMILES string of the molecule is CC(C)(C)OC(=O)C/C(=C\N)C(C)(F)F. The van der Waals surface area contributed by atoms with Crippen molar-refractivity contribution in [2.45, 2.75) is 45.6 Å². The lowest BCUT2D eigenvalue weighted by Crippen LogP contribution is -2.26. The summed E-state index contributed by atoms with van der Waals surface area (Å²) in [4.78, 5) is 11.2. The molecule has 0 heterocycles. The van der Waals surface area contributed by atoms with Gasteiger partial charge in [-0.1, -0.05) is 0 Å². The first-order valence-electron chi connectivity index (χ1n) is 4.57. The van der Waals surface area contributed by atoms with Crippen LogP contribution in [0.4, 0.5) is 8.78 Å². The molecule has 0 aliphatic heterocycles. The van der Waals surface area contributed by atoms with Gasteiger partial charge in [0.25, 0.3) is 5.92 Å². The van der Waals surface area contributed by atoms with Gasteiger partial charge >= 0.3 is 5.97 Å². The van der Waals surface area contributed by atoms with Gasteiger partial charge in [0.1, 0.15) is 5.60 Å². The standard InChI is InChI=1S/C10H17F2NO2/c1-9(2,3)15-8(14)5-7(6-13)10(4,11)12/h6H,5,13H2,1-4H3/b7-6+. The Labute approximate surface area is 88.3 Å². The number of rotatable bonds is 3. The molecule has 0 aliphatic carbocycles. The number of carbonyl (C=O) groups excluding carboxylic acids is 1. The normalized spacial score (nSPS) is 13.9. The second-order valence-electron chi connectivity index (χ2n) is 4.34. The molecule has 0 saturated heterocycles. The fraction of sp³-hybridized carbons (Fsp3) is 0.700. The molecule has 0 unspecified atom stereocenters. The lowest BCUT2D eigenvalue weighted by atomic mass is 10.1. The fourth-order valence-electron chi connectivity index (χ4n) is 0.894. The maximum absolute atomic E-state index is 12.8. The van der Waals surface area contributed by atoms with Gasteiger partial charge in [-0.15, -0.1) is 0 Å². The molecule has 0 aliphatic rings. The number of esters is 1. The van der Waals surface area contributed by atoms with Crippen LogP contribution in [0.2, 0.25) is 0 Å². The van der Waals surface area contributed by atoms with Crippen molar-refractivity contribution in [1.29, 1.82) is 0 Å². The maximum Gasteiger partial charge on any atom is 0.310 e. The highest BCUT2D eigenvalue weighted by molar-refractivity contribution is 5.73. The van der Waals surface area contributed by atoms with Crippen molar-refractivity contribution in [3.63, 3.8) is 0 Å². The largest absolute Gasteiger partial charge is 0.460 e. The zero-order chi connectivity index (χ0) is 12.3. The average Bonchev–Trinajstić information content (AvgIpc) is 1.94. The van der Waals surface area contributed by atoms with Gasteiger partial charge in [-0.2, -0.15) is 0 Å². The van der Waals surface area contributed by atoms with Gasteiger partial charge in [0, 0.05) is 12.5 Å². The highest BCUT2D eigenvalue weighted by Crippen LogP contribution is 2.26. The first-order valence-corrected chi connectivity index (χ1v) is 4.57. The van der Waals surface area contributed by atoms with Crippen molar-refractivity contribution < 1.29 is 18.3 Å². The molecule has 0 radical (unpaired) electrons. The second-order valence-corrected chi connectivity index (χ2v) is 4.34. The molecular formula is C10H17F2NO2. The van der Waals surface area contributed by atoms with E-state index in [2.05, 4.69) is 0 Å². The van der Waals surface area contributed by atoms with E-state index >= 15 is 0 Å². The molecule has 15 heavy (non-hydrogen) atoms. The van der Waals surface area contributed by atoms with Crippen molar-refractivity contribution in [2.24, 2.45) is 5.73 Å². The summed E-state index contributed by atoms with van der Waals surface area (Å²) in [6, 6.07) is 0. The molecule has 2 N–H and O–H groups in total. The van der Waals surface area contributed by atoms with Crippen molar-refractivity contribution in [3.8, 4) is 0 Å². The third-order valence-electron chi connectivity index (χ3n) is 1.52. The molecule has 0 aromatic heterocycles. The number of alkyl halides is 2. The Hall–Kier alpha value is -1.13. The fourth-order valence-corrected chi connectivity index (χ4v) is 0.894. The van der Waals surface area contributed by atoms with Crippen LogP contribution in [-0.2, 0) is 9.53 Å². The Balaban J connectivity index is 4.42. The molecule has 88 valence electrons. The minimum atomic E-state index is -3.09. The first-order chi connectivity index (χ1) is 6.56. The molecule has 0 aromatic rings. The molecule has 0 bridgehead atoms. The minimum absolute atomic E-state index is 0.434. The predicted octanol–water partition coefficient (Wildman–Crippen LogP) is 2.22. The number of hydrogen-bond acceptors (Lipinski definition) is 3. The van der Waals surface area contributed by atoms with Gasteiger partial charge in [-0.3, -0.25) is 4.79 Å². The van der Waals surface area contributed by atoms with E-state index in [0.29, 0.717) is 6.92 Å². The van der Waals surface area contributed by atoms with Crippen molar-refractivity contribution in [1.82, 2.24) is 0 Å². The molecular weight excluding hydrogens is 204 g/mol. The van der Waals surface area contributed by atoms with E-state index in [1.165, 1.54) is 0 Å². The molecule has 5 heteroatoms. The zero-order valence-corrected chi connectivity index (χ0v) is 9.43. The Kier molecular flexibility index (Phi) is 4.25. The van der Waals surface area contributed by atoms with Crippen molar-refractivity contribution in [2.75, 3.05) is 0 Å². The third kappa shape index (κ3) is 6.04. The van der Waals surface area contributed by atoms with Gasteiger partial charge in [0.05, 0.1) is 6.42 Å². The summed E-state index contributed by atoms with van der Waals surface area (Å²) in [5.74, 6) is -3.80. The Morgan fingerprint density at radius 2 is 1.80 bits per heavy atom. The second kappa shape index (κ2) is 4.59.